The van der Waals surface area contributed by atoms with Gasteiger partial charge in [-0.05, 0) is 80.5 Å². The molecule has 4 atom stereocenters. The highest BCUT2D eigenvalue weighted by Crippen LogP contribution is 2.59. The molecule has 0 aliphatic heterocycles. The maximum atomic E-state index is 11.2. The number of aliphatic carboxylic acids is 1. The van der Waals surface area contributed by atoms with Crippen molar-refractivity contribution in [2.24, 2.45) is 28.6 Å². The number of hydrogen-bond acceptors (Lipinski definition) is 1. The smallest absolute Gasteiger partial charge is 0.303 e. The van der Waals surface area contributed by atoms with Gasteiger partial charge in [0.15, 0.2) is 0 Å². The van der Waals surface area contributed by atoms with E-state index in [0.717, 1.165) is 12.8 Å². The van der Waals surface area contributed by atoms with Crippen LogP contribution in [-0.2, 0) is 4.79 Å². The van der Waals surface area contributed by atoms with Crippen molar-refractivity contribution in [3.05, 3.63) is 23.3 Å². The van der Waals surface area contributed by atoms with Crippen LogP contribution < -0.4 is 0 Å². The first-order valence-electron chi connectivity index (χ1n) is 9.74. The average Bonchev–Trinajstić information content (AvgIpc) is 2.47. The molecule has 0 aromatic carbocycles. The molecule has 1 N–H and O–H groups in total. The molecule has 3 aliphatic carbocycles. The van der Waals surface area contributed by atoms with E-state index < -0.39 is 5.97 Å². The second-order valence-electron chi connectivity index (χ2n) is 9.57. The highest BCUT2D eigenvalue weighted by atomic mass is 16.4. The first-order chi connectivity index (χ1) is 11.1. The van der Waals surface area contributed by atoms with Gasteiger partial charge in [-0.1, -0.05) is 44.1 Å². The molecule has 0 spiro atoms. The predicted molar refractivity (Wildman–Crippen MR) is 98.8 cm³/mol. The summed E-state index contributed by atoms with van der Waals surface area (Å²) in [4.78, 5) is 11.2. The summed E-state index contributed by atoms with van der Waals surface area (Å²) in [5.41, 5.74) is 5.21. The second-order valence-corrected chi connectivity index (χ2v) is 9.57. The van der Waals surface area contributed by atoms with E-state index in [1.54, 1.807) is 11.1 Å². The summed E-state index contributed by atoms with van der Waals surface area (Å²) < 4.78 is 0. The van der Waals surface area contributed by atoms with Crippen LogP contribution in [0.4, 0.5) is 0 Å². The Morgan fingerprint density at radius 3 is 2.58 bits per heavy atom. The molecule has 0 aromatic heterocycles. The number of carbonyl (C=O) groups is 1. The van der Waals surface area contributed by atoms with Crippen molar-refractivity contribution in [1.29, 1.82) is 0 Å². The van der Waals surface area contributed by atoms with Crippen molar-refractivity contribution in [2.75, 3.05) is 0 Å². The lowest BCUT2D eigenvalue weighted by Gasteiger charge is -2.53. The summed E-state index contributed by atoms with van der Waals surface area (Å²) >= 11 is 0. The van der Waals surface area contributed by atoms with E-state index in [2.05, 4.69) is 34.3 Å². The fourth-order valence-corrected chi connectivity index (χ4v) is 6.12. The van der Waals surface area contributed by atoms with Crippen LogP contribution in [0.1, 0.15) is 79.1 Å². The van der Waals surface area contributed by atoms with E-state index in [0.29, 0.717) is 22.7 Å². The third kappa shape index (κ3) is 2.86. The lowest BCUT2D eigenvalue weighted by Crippen LogP contribution is -2.43. The van der Waals surface area contributed by atoms with E-state index >= 15 is 0 Å². The van der Waals surface area contributed by atoms with E-state index in [1.807, 2.05) is 0 Å². The Morgan fingerprint density at radius 1 is 1.21 bits per heavy atom. The van der Waals surface area contributed by atoms with Gasteiger partial charge in [0, 0.05) is 0 Å². The molecule has 2 nitrogen and oxygen atoms in total. The van der Waals surface area contributed by atoms with E-state index in [1.165, 1.54) is 37.7 Å². The summed E-state index contributed by atoms with van der Waals surface area (Å²) in [6.45, 7) is 14.1. The molecule has 2 fully saturated rings. The zero-order valence-corrected chi connectivity index (χ0v) is 16.0. The van der Waals surface area contributed by atoms with Crippen molar-refractivity contribution in [2.45, 2.75) is 79.1 Å². The molecular formula is C22H34O2. The quantitative estimate of drug-likeness (QED) is 0.632. The van der Waals surface area contributed by atoms with Crippen molar-refractivity contribution in [3.8, 4) is 0 Å². The number of fused-ring (bicyclic) bond motifs is 3. The molecule has 0 radical (unpaired) electrons. The van der Waals surface area contributed by atoms with Crippen LogP contribution in [-0.4, -0.2) is 11.1 Å². The van der Waals surface area contributed by atoms with Gasteiger partial charge < -0.3 is 5.11 Å². The van der Waals surface area contributed by atoms with E-state index in [4.69, 9.17) is 0 Å². The summed E-state index contributed by atoms with van der Waals surface area (Å²) in [7, 11) is 0. The van der Waals surface area contributed by atoms with Crippen molar-refractivity contribution in [1.82, 2.24) is 0 Å². The summed E-state index contributed by atoms with van der Waals surface area (Å²) in [5, 5.41) is 9.25. The molecule has 0 heterocycles. The van der Waals surface area contributed by atoms with Crippen LogP contribution in [0, 0.1) is 28.6 Å². The first kappa shape index (κ1) is 17.8. The van der Waals surface area contributed by atoms with Gasteiger partial charge in [0.05, 0.1) is 6.42 Å². The van der Waals surface area contributed by atoms with Crippen LogP contribution in [0.15, 0.2) is 23.3 Å². The largest absolute Gasteiger partial charge is 0.481 e. The minimum Gasteiger partial charge on any atom is -0.481 e. The lowest BCUT2D eigenvalue weighted by molar-refractivity contribution is -0.138. The number of carboxylic acids is 1. The maximum absolute atomic E-state index is 11.2. The van der Waals surface area contributed by atoms with E-state index in [-0.39, 0.29) is 12.3 Å². The third-order valence-corrected chi connectivity index (χ3v) is 7.95. The van der Waals surface area contributed by atoms with Gasteiger partial charge in [0.1, 0.15) is 0 Å². The van der Waals surface area contributed by atoms with Gasteiger partial charge in [-0.15, -0.1) is 0 Å². The molecule has 134 valence electrons. The number of carboxylic acid groups (broad SMARTS) is 1. The highest BCUT2D eigenvalue weighted by molar-refractivity contribution is 5.67. The van der Waals surface area contributed by atoms with Gasteiger partial charge in [0.25, 0.3) is 0 Å². The first-order valence-corrected chi connectivity index (χ1v) is 9.74. The summed E-state index contributed by atoms with van der Waals surface area (Å²) in [6.07, 6.45) is 8.62. The Balaban J connectivity index is 1.92. The number of hydrogen-bond donors (Lipinski definition) is 1. The van der Waals surface area contributed by atoms with Crippen LogP contribution >= 0.6 is 0 Å². The fourth-order valence-electron chi connectivity index (χ4n) is 6.12. The molecule has 24 heavy (non-hydrogen) atoms. The number of allylic oxidation sites excluding steroid dienone is 3. The van der Waals surface area contributed by atoms with Crippen LogP contribution in [0.2, 0.25) is 0 Å². The minimum atomic E-state index is -0.672. The van der Waals surface area contributed by atoms with Gasteiger partial charge in [0.2, 0.25) is 0 Å². The molecule has 2 saturated carbocycles. The average molecular weight is 331 g/mol. The fraction of sp³-hybridized carbons (Fsp3) is 0.773. The van der Waals surface area contributed by atoms with Crippen molar-refractivity contribution in [3.63, 3.8) is 0 Å². The van der Waals surface area contributed by atoms with Gasteiger partial charge in [-0.3, -0.25) is 4.79 Å². The molecule has 0 unspecified atom stereocenters. The van der Waals surface area contributed by atoms with Crippen molar-refractivity contribution < 1.29 is 9.90 Å². The van der Waals surface area contributed by atoms with Gasteiger partial charge >= 0.3 is 5.97 Å². The minimum absolute atomic E-state index is 0.184. The lowest BCUT2D eigenvalue weighted by atomic mass is 9.51. The van der Waals surface area contributed by atoms with E-state index in [9.17, 15) is 9.90 Å². The van der Waals surface area contributed by atoms with Gasteiger partial charge in [-0.2, -0.15) is 0 Å². The number of rotatable bonds is 2. The topological polar surface area (TPSA) is 37.3 Å². The summed E-state index contributed by atoms with van der Waals surface area (Å²) in [6, 6.07) is 0. The molecule has 0 saturated heterocycles. The summed E-state index contributed by atoms with van der Waals surface area (Å²) in [5.74, 6) is 0.721. The Morgan fingerprint density at radius 2 is 1.92 bits per heavy atom. The molecule has 0 amide bonds. The zero-order chi connectivity index (χ0) is 17.7. The Kier molecular flexibility index (Phi) is 4.47. The Bertz CT molecular complexity index is 583. The van der Waals surface area contributed by atoms with Crippen molar-refractivity contribution >= 4 is 5.97 Å². The van der Waals surface area contributed by atoms with Crippen LogP contribution in [0.25, 0.3) is 0 Å². The normalized spacial score (nSPS) is 39.0. The SMILES string of the molecule is C=C1[C@@H](CC(=O)O)CC[C@@]2(C)CCC3=C(C)CC[C@@H](C[C@H]12)C3(C)C. The molecule has 3 rings (SSSR count). The Hall–Kier alpha value is -1.05. The monoisotopic (exact) mass is 330 g/mol. The van der Waals surface area contributed by atoms with Crippen LogP contribution in [0.5, 0.6) is 0 Å². The predicted octanol–water partition coefficient (Wildman–Crippen LogP) is 5.99. The zero-order valence-electron chi connectivity index (χ0n) is 16.0. The molecule has 2 heteroatoms. The molecule has 0 aromatic rings. The second kappa shape index (κ2) is 6.04. The maximum Gasteiger partial charge on any atom is 0.303 e. The molecule has 2 bridgehead atoms. The van der Waals surface area contributed by atoms with Crippen LogP contribution in [0.3, 0.4) is 0 Å². The third-order valence-electron chi connectivity index (χ3n) is 7.95. The Labute approximate surface area is 147 Å². The molecular weight excluding hydrogens is 296 g/mol. The standard InChI is InChI=1S/C22H34O2/c1-14-6-7-17-13-19-15(2)16(12-20(23)24)8-10-22(19,5)11-9-18(14)21(17,3)4/h16-17,19H,2,6-13H2,1,3-5H3,(H,23,24)/t16-,17+,19-,22+/m1/s1. The highest BCUT2D eigenvalue weighted by Gasteiger charge is 2.48. The van der Waals surface area contributed by atoms with Gasteiger partial charge in [-0.25, -0.2) is 0 Å². The molecule has 3 aliphatic rings.